The lowest BCUT2D eigenvalue weighted by molar-refractivity contribution is 0.0365. The largest absolute Gasteiger partial charge is 0.392 e. The van der Waals surface area contributed by atoms with Gasteiger partial charge in [-0.1, -0.05) is 12.1 Å². The first-order chi connectivity index (χ1) is 9.36. The highest BCUT2D eigenvalue weighted by atomic mass is 16.5. The van der Waals surface area contributed by atoms with E-state index in [1.165, 1.54) is 10.9 Å². The molecule has 19 heavy (non-hydrogen) atoms. The quantitative estimate of drug-likeness (QED) is 0.904. The van der Waals surface area contributed by atoms with E-state index in [1.54, 1.807) is 0 Å². The van der Waals surface area contributed by atoms with Gasteiger partial charge in [0.25, 0.3) is 0 Å². The molecule has 1 fully saturated rings. The number of morpholine rings is 1. The molecule has 0 aliphatic carbocycles. The monoisotopic (exact) mass is 260 g/mol. The molecule has 1 aliphatic heterocycles. The topological polar surface area (TPSA) is 37.6 Å². The lowest BCUT2D eigenvalue weighted by Gasteiger charge is -2.26. The summed E-state index contributed by atoms with van der Waals surface area (Å²) in [6, 6.07) is 8.27. The molecule has 2 aromatic rings. The summed E-state index contributed by atoms with van der Waals surface area (Å²) >= 11 is 0. The first kappa shape index (κ1) is 12.7. The maximum Gasteiger partial charge on any atom is 0.0682 e. The van der Waals surface area contributed by atoms with Crippen molar-refractivity contribution in [1.82, 2.24) is 9.47 Å². The van der Waals surface area contributed by atoms with Crippen molar-refractivity contribution >= 4 is 10.9 Å². The van der Waals surface area contributed by atoms with Crippen LogP contribution in [0.15, 0.2) is 30.5 Å². The molecule has 4 heteroatoms. The van der Waals surface area contributed by atoms with Crippen molar-refractivity contribution in [3.05, 3.63) is 36.0 Å². The molecular weight excluding hydrogens is 240 g/mol. The highest BCUT2D eigenvalue weighted by Crippen LogP contribution is 2.18. The summed E-state index contributed by atoms with van der Waals surface area (Å²) in [5.41, 5.74) is 2.18. The van der Waals surface area contributed by atoms with E-state index in [-0.39, 0.29) is 6.61 Å². The fraction of sp³-hybridized carbons (Fsp3) is 0.467. The number of aliphatic hydroxyl groups is 1. The molecule has 0 unspecified atom stereocenters. The van der Waals surface area contributed by atoms with Crippen LogP contribution in [0.3, 0.4) is 0 Å². The maximum absolute atomic E-state index is 9.23. The van der Waals surface area contributed by atoms with Crippen molar-refractivity contribution in [3.8, 4) is 0 Å². The number of aromatic nitrogens is 1. The van der Waals surface area contributed by atoms with Crippen LogP contribution < -0.4 is 0 Å². The summed E-state index contributed by atoms with van der Waals surface area (Å²) in [5.74, 6) is 0. The number of aliphatic hydroxyl groups excluding tert-OH is 1. The minimum atomic E-state index is 0.102. The van der Waals surface area contributed by atoms with Gasteiger partial charge in [0.2, 0.25) is 0 Å². The lowest BCUT2D eigenvalue weighted by Crippen LogP contribution is -2.38. The Morgan fingerprint density at radius 2 is 1.95 bits per heavy atom. The molecule has 1 saturated heterocycles. The minimum absolute atomic E-state index is 0.102. The van der Waals surface area contributed by atoms with Gasteiger partial charge in [-0.05, 0) is 23.1 Å². The second-order valence-corrected chi connectivity index (χ2v) is 5.01. The molecule has 1 aromatic carbocycles. The molecule has 102 valence electrons. The average Bonchev–Trinajstić information content (AvgIpc) is 2.88. The van der Waals surface area contributed by atoms with Crippen molar-refractivity contribution in [3.63, 3.8) is 0 Å². The van der Waals surface area contributed by atoms with Crippen molar-refractivity contribution in [2.45, 2.75) is 13.2 Å². The molecule has 2 heterocycles. The van der Waals surface area contributed by atoms with Crippen LogP contribution in [0.5, 0.6) is 0 Å². The predicted molar refractivity (Wildman–Crippen MR) is 75.1 cm³/mol. The summed E-state index contributed by atoms with van der Waals surface area (Å²) in [7, 11) is 0. The zero-order valence-electron chi connectivity index (χ0n) is 11.1. The smallest absolute Gasteiger partial charge is 0.0682 e. The summed E-state index contributed by atoms with van der Waals surface area (Å²) in [4.78, 5) is 2.44. The number of hydrogen-bond donors (Lipinski definition) is 1. The van der Waals surface area contributed by atoms with Crippen LogP contribution >= 0.6 is 0 Å². The van der Waals surface area contributed by atoms with Gasteiger partial charge in [-0.2, -0.15) is 0 Å². The molecule has 0 atom stereocenters. The van der Waals surface area contributed by atoms with Crippen molar-refractivity contribution in [2.24, 2.45) is 0 Å². The Labute approximate surface area is 113 Å². The minimum Gasteiger partial charge on any atom is -0.392 e. The Kier molecular flexibility index (Phi) is 3.82. The number of hydrogen-bond acceptors (Lipinski definition) is 3. The van der Waals surface area contributed by atoms with E-state index < -0.39 is 0 Å². The number of rotatable bonds is 4. The number of fused-ring (bicyclic) bond motifs is 1. The molecular formula is C15H20N2O2. The van der Waals surface area contributed by atoms with Crippen molar-refractivity contribution in [1.29, 1.82) is 0 Å². The lowest BCUT2D eigenvalue weighted by atomic mass is 10.2. The van der Waals surface area contributed by atoms with Crippen LogP contribution in [-0.4, -0.2) is 47.4 Å². The first-order valence-corrected chi connectivity index (χ1v) is 6.85. The van der Waals surface area contributed by atoms with Crippen LogP contribution in [0, 0.1) is 0 Å². The fourth-order valence-electron chi connectivity index (χ4n) is 2.60. The van der Waals surface area contributed by atoms with Crippen LogP contribution in [0.2, 0.25) is 0 Å². The first-order valence-electron chi connectivity index (χ1n) is 6.85. The summed E-state index contributed by atoms with van der Waals surface area (Å²) in [5, 5.41) is 10.5. The van der Waals surface area contributed by atoms with Gasteiger partial charge in [-0.3, -0.25) is 4.90 Å². The molecule has 1 aliphatic rings. The van der Waals surface area contributed by atoms with Gasteiger partial charge >= 0.3 is 0 Å². The van der Waals surface area contributed by atoms with Gasteiger partial charge in [0.15, 0.2) is 0 Å². The van der Waals surface area contributed by atoms with Gasteiger partial charge in [-0.15, -0.1) is 0 Å². The fourth-order valence-corrected chi connectivity index (χ4v) is 2.60. The molecule has 4 nitrogen and oxygen atoms in total. The number of benzene rings is 1. The normalized spacial score (nSPS) is 17.1. The Hall–Kier alpha value is -1.36. The SMILES string of the molecule is OCc1ccc2ccn(CCN3CCOCC3)c2c1. The van der Waals surface area contributed by atoms with E-state index in [4.69, 9.17) is 4.74 Å². The Balaban J connectivity index is 1.72. The summed E-state index contributed by atoms with van der Waals surface area (Å²) in [6.45, 7) is 5.89. The van der Waals surface area contributed by atoms with Gasteiger partial charge in [-0.25, -0.2) is 0 Å². The Bertz CT molecular complexity index is 544. The highest BCUT2D eigenvalue weighted by Gasteiger charge is 2.10. The van der Waals surface area contributed by atoms with E-state index >= 15 is 0 Å². The molecule has 0 saturated carbocycles. The van der Waals surface area contributed by atoms with E-state index in [9.17, 15) is 5.11 Å². The van der Waals surface area contributed by atoms with E-state index in [2.05, 4.69) is 33.9 Å². The van der Waals surface area contributed by atoms with Gasteiger partial charge in [0.1, 0.15) is 0 Å². The van der Waals surface area contributed by atoms with Crippen molar-refractivity contribution in [2.75, 3.05) is 32.8 Å². The third-order valence-electron chi connectivity index (χ3n) is 3.78. The molecule has 3 rings (SSSR count). The third kappa shape index (κ3) is 2.81. The van der Waals surface area contributed by atoms with Gasteiger partial charge < -0.3 is 14.4 Å². The maximum atomic E-state index is 9.23. The van der Waals surface area contributed by atoms with E-state index in [0.29, 0.717) is 0 Å². The molecule has 0 spiro atoms. The summed E-state index contributed by atoms with van der Waals surface area (Å²) < 4.78 is 7.63. The average molecular weight is 260 g/mol. The van der Waals surface area contributed by atoms with Crippen LogP contribution in [0.4, 0.5) is 0 Å². The second-order valence-electron chi connectivity index (χ2n) is 5.01. The van der Waals surface area contributed by atoms with Gasteiger partial charge in [0, 0.05) is 37.9 Å². The van der Waals surface area contributed by atoms with Crippen LogP contribution in [0.1, 0.15) is 5.56 Å². The Morgan fingerprint density at radius 3 is 2.74 bits per heavy atom. The van der Waals surface area contributed by atoms with Crippen LogP contribution in [-0.2, 0) is 17.9 Å². The van der Waals surface area contributed by atoms with E-state index in [1.807, 2.05) is 6.07 Å². The zero-order valence-corrected chi connectivity index (χ0v) is 11.1. The Morgan fingerprint density at radius 1 is 1.11 bits per heavy atom. The number of ether oxygens (including phenoxy) is 1. The number of nitrogens with zero attached hydrogens (tertiary/aromatic N) is 2. The second kappa shape index (κ2) is 5.74. The molecule has 0 radical (unpaired) electrons. The predicted octanol–water partition coefficient (Wildman–Crippen LogP) is 1.47. The molecule has 1 N–H and O–H groups in total. The molecule has 0 bridgehead atoms. The summed E-state index contributed by atoms with van der Waals surface area (Å²) in [6.07, 6.45) is 2.13. The molecule has 1 aromatic heterocycles. The zero-order chi connectivity index (χ0) is 13.1. The highest BCUT2D eigenvalue weighted by molar-refractivity contribution is 5.80. The van der Waals surface area contributed by atoms with Crippen molar-refractivity contribution < 1.29 is 9.84 Å². The third-order valence-corrected chi connectivity index (χ3v) is 3.78. The van der Waals surface area contributed by atoms with Gasteiger partial charge in [0.05, 0.1) is 19.8 Å². The molecule has 0 amide bonds. The van der Waals surface area contributed by atoms with E-state index in [0.717, 1.165) is 45.0 Å². The standard InChI is InChI=1S/C15H20N2O2/c18-12-13-1-2-14-3-4-17(15(14)11-13)6-5-16-7-9-19-10-8-16/h1-4,11,18H,5-10,12H2. The van der Waals surface area contributed by atoms with Crippen LogP contribution in [0.25, 0.3) is 10.9 Å².